The summed E-state index contributed by atoms with van der Waals surface area (Å²) < 4.78 is 28.3. The highest BCUT2D eigenvalue weighted by Crippen LogP contribution is 2.16. The van der Waals surface area contributed by atoms with Gasteiger partial charge in [0.15, 0.2) is 0 Å². The first kappa shape index (κ1) is 25.6. The van der Waals surface area contributed by atoms with Crippen molar-refractivity contribution < 1.29 is 13.2 Å². The SMILES string of the molecule is Cc1cnn(CCNS(=O)(=O)c2ccccc2)c(=O)c1CC(=O)NCc1cc(Cl)ccc1CN. The van der Waals surface area contributed by atoms with Crippen LogP contribution in [0.1, 0.15) is 22.3 Å². The zero-order chi connectivity index (χ0) is 24.7. The van der Waals surface area contributed by atoms with Crippen molar-refractivity contribution in [1.82, 2.24) is 19.8 Å². The molecule has 11 heteroatoms. The van der Waals surface area contributed by atoms with Gasteiger partial charge in [0.1, 0.15) is 0 Å². The van der Waals surface area contributed by atoms with Gasteiger partial charge in [0.25, 0.3) is 5.56 Å². The molecular formula is C23H26ClN5O4S. The van der Waals surface area contributed by atoms with Crippen LogP contribution in [0.5, 0.6) is 0 Å². The highest BCUT2D eigenvalue weighted by atomic mass is 35.5. The molecule has 3 aromatic rings. The van der Waals surface area contributed by atoms with E-state index < -0.39 is 15.6 Å². The van der Waals surface area contributed by atoms with Crippen molar-refractivity contribution in [2.24, 2.45) is 5.73 Å². The van der Waals surface area contributed by atoms with Crippen LogP contribution in [0.3, 0.4) is 0 Å². The number of sulfonamides is 1. The van der Waals surface area contributed by atoms with Crippen LogP contribution >= 0.6 is 11.6 Å². The van der Waals surface area contributed by atoms with E-state index in [1.54, 1.807) is 37.3 Å². The van der Waals surface area contributed by atoms with Gasteiger partial charge in [-0.3, -0.25) is 9.59 Å². The Morgan fingerprint density at radius 2 is 1.88 bits per heavy atom. The molecule has 0 radical (unpaired) electrons. The Morgan fingerprint density at radius 1 is 1.15 bits per heavy atom. The third kappa shape index (κ3) is 6.51. The van der Waals surface area contributed by atoms with Crippen LogP contribution < -0.4 is 21.3 Å². The van der Waals surface area contributed by atoms with Crippen molar-refractivity contribution in [3.8, 4) is 0 Å². The molecule has 0 spiro atoms. The second-order valence-corrected chi connectivity index (χ2v) is 9.82. The second kappa shape index (κ2) is 11.4. The summed E-state index contributed by atoms with van der Waals surface area (Å²) in [5.41, 5.74) is 7.83. The molecule has 4 N–H and O–H groups in total. The number of amides is 1. The summed E-state index contributed by atoms with van der Waals surface area (Å²) in [5, 5.41) is 7.40. The first-order chi connectivity index (χ1) is 16.2. The molecule has 0 aliphatic rings. The summed E-state index contributed by atoms with van der Waals surface area (Å²) in [6, 6.07) is 13.2. The number of benzene rings is 2. The Bertz CT molecular complexity index is 1330. The van der Waals surface area contributed by atoms with Crippen LogP contribution in [-0.4, -0.2) is 30.7 Å². The molecule has 0 bridgehead atoms. The lowest BCUT2D eigenvalue weighted by molar-refractivity contribution is -0.120. The summed E-state index contributed by atoms with van der Waals surface area (Å²) in [4.78, 5) is 25.6. The molecule has 0 fully saturated rings. The minimum absolute atomic E-state index is 0.0160. The Kier molecular flexibility index (Phi) is 8.56. The Hall–Kier alpha value is -3.05. The largest absolute Gasteiger partial charge is 0.352 e. The predicted octanol–water partition coefficient (Wildman–Crippen LogP) is 1.50. The minimum atomic E-state index is -3.70. The molecule has 34 heavy (non-hydrogen) atoms. The number of nitrogens with one attached hydrogen (secondary N) is 2. The van der Waals surface area contributed by atoms with Crippen LogP contribution in [-0.2, 0) is 40.9 Å². The Morgan fingerprint density at radius 3 is 2.59 bits per heavy atom. The van der Waals surface area contributed by atoms with Gasteiger partial charge in [0.2, 0.25) is 15.9 Å². The normalized spacial score (nSPS) is 11.4. The minimum Gasteiger partial charge on any atom is -0.352 e. The molecule has 0 aliphatic heterocycles. The van der Waals surface area contributed by atoms with Gasteiger partial charge in [0.05, 0.1) is 24.1 Å². The quantitative estimate of drug-likeness (QED) is 0.383. The van der Waals surface area contributed by atoms with Crippen LogP contribution in [0.25, 0.3) is 0 Å². The van der Waals surface area contributed by atoms with Crippen molar-refractivity contribution in [3.05, 3.63) is 92.4 Å². The van der Waals surface area contributed by atoms with E-state index in [9.17, 15) is 18.0 Å². The molecule has 180 valence electrons. The van der Waals surface area contributed by atoms with Crippen LogP contribution in [0, 0.1) is 6.92 Å². The first-order valence-electron chi connectivity index (χ1n) is 10.6. The zero-order valence-electron chi connectivity index (χ0n) is 18.6. The van der Waals surface area contributed by atoms with Crippen molar-refractivity contribution in [1.29, 1.82) is 0 Å². The number of rotatable bonds is 10. The lowest BCUT2D eigenvalue weighted by Gasteiger charge is -2.12. The lowest BCUT2D eigenvalue weighted by Crippen LogP contribution is -2.35. The smallest absolute Gasteiger partial charge is 0.270 e. The van der Waals surface area contributed by atoms with Crippen molar-refractivity contribution >= 4 is 27.5 Å². The van der Waals surface area contributed by atoms with E-state index in [1.165, 1.54) is 18.3 Å². The molecule has 2 aromatic carbocycles. The molecule has 3 rings (SSSR count). The number of hydrogen-bond donors (Lipinski definition) is 3. The highest BCUT2D eigenvalue weighted by Gasteiger charge is 2.16. The van der Waals surface area contributed by atoms with Crippen molar-refractivity contribution in [2.45, 2.75) is 37.9 Å². The molecule has 0 saturated carbocycles. The first-order valence-corrected chi connectivity index (χ1v) is 12.4. The van der Waals surface area contributed by atoms with Crippen molar-refractivity contribution in [2.75, 3.05) is 6.54 Å². The molecular weight excluding hydrogens is 478 g/mol. The molecule has 0 unspecified atom stereocenters. The average molecular weight is 504 g/mol. The Balaban J connectivity index is 1.64. The maximum Gasteiger partial charge on any atom is 0.270 e. The number of nitrogens with two attached hydrogens (primary N) is 1. The van der Waals surface area contributed by atoms with Crippen molar-refractivity contribution in [3.63, 3.8) is 0 Å². The van der Waals surface area contributed by atoms with Crippen LogP contribution in [0.15, 0.2) is 64.4 Å². The van der Waals surface area contributed by atoms with Gasteiger partial charge in [-0.25, -0.2) is 17.8 Å². The number of nitrogens with zero attached hydrogens (tertiary/aromatic N) is 2. The molecule has 0 aliphatic carbocycles. The lowest BCUT2D eigenvalue weighted by atomic mass is 10.1. The number of hydrogen-bond acceptors (Lipinski definition) is 6. The third-order valence-corrected chi connectivity index (χ3v) is 6.94. The molecule has 9 nitrogen and oxygen atoms in total. The summed E-state index contributed by atoms with van der Waals surface area (Å²) in [6.07, 6.45) is 1.35. The number of carbonyl (C=O) groups excluding carboxylic acids is 1. The van der Waals surface area contributed by atoms with E-state index in [4.69, 9.17) is 17.3 Å². The fourth-order valence-electron chi connectivity index (χ4n) is 3.33. The number of halogens is 1. The van der Waals surface area contributed by atoms with Gasteiger partial charge in [-0.05, 0) is 47.9 Å². The number of aryl methyl sites for hydroxylation is 1. The van der Waals surface area contributed by atoms with E-state index >= 15 is 0 Å². The van der Waals surface area contributed by atoms with Gasteiger partial charge in [-0.15, -0.1) is 0 Å². The standard InChI is InChI=1S/C23H26ClN5O4S/c1-16-14-27-29(10-9-28-34(32,33)20-5-3-2-4-6-20)23(31)21(16)12-22(30)26-15-18-11-19(24)8-7-17(18)13-25/h2-8,11,14,28H,9-10,12-13,15,25H2,1H3,(H,26,30). The van der Waals surface area contributed by atoms with E-state index in [0.29, 0.717) is 22.7 Å². The van der Waals surface area contributed by atoms with Gasteiger partial charge in [0, 0.05) is 30.2 Å². The maximum atomic E-state index is 12.9. The topological polar surface area (TPSA) is 136 Å². The average Bonchev–Trinajstić information content (AvgIpc) is 2.82. The fraction of sp³-hybridized carbons (Fsp3) is 0.261. The van der Waals surface area contributed by atoms with Crippen LogP contribution in [0.4, 0.5) is 0 Å². The van der Waals surface area contributed by atoms with Gasteiger partial charge >= 0.3 is 0 Å². The van der Waals surface area contributed by atoms with E-state index in [2.05, 4.69) is 15.1 Å². The third-order valence-electron chi connectivity index (χ3n) is 5.23. The molecule has 0 atom stereocenters. The molecule has 1 aromatic heterocycles. The molecule has 1 heterocycles. The van der Waals surface area contributed by atoms with E-state index in [-0.39, 0.29) is 36.9 Å². The number of carbonyl (C=O) groups is 1. The summed E-state index contributed by atoms with van der Waals surface area (Å²) in [6.45, 7) is 2.22. The van der Waals surface area contributed by atoms with E-state index in [1.807, 2.05) is 6.07 Å². The molecule has 0 saturated heterocycles. The summed E-state index contributed by atoms with van der Waals surface area (Å²) in [7, 11) is -3.70. The predicted molar refractivity (Wildman–Crippen MR) is 130 cm³/mol. The summed E-state index contributed by atoms with van der Waals surface area (Å²) in [5.74, 6) is -0.342. The molecule has 1 amide bonds. The maximum absolute atomic E-state index is 12.9. The highest BCUT2D eigenvalue weighted by molar-refractivity contribution is 7.89. The van der Waals surface area contributed by atoms with E-state index in [0.717, 1.165) is 15.8 Å². The van der Waals surface area contributed by atoms with Gasteiger partial charge < -0.3 is 11.1 Å². The van der Waals surface area contributed by atoms with Crippen LogP contribution in [0.2, 0.25) is 5.02 Å². The van der Waals surface area contributed by atoms with Gasteiger partial charge in [-0.1, -0.05) is 35.9 Å². The summed E-state index contributed by atoms with van der Waals surface area (Å²) >= 11 is 6.04. The number of aromatic nitrogens is 2. The monoisotopic (exact) mass is 503 g/mol. The zero-order valence-corrected chi connectivity index (χ0v) is 20.2. The second-order valence-electron chi connectivity index (χ2n) is 7.62. The van der Waals surface area contributed by atoms with Gasteiger partial charge in [-0.2, -0.15) is 5.10 Å². The fourth-order valence-corrected chi connectivity index (χ4v) is 4.57. The Labute approximate surface area is 203 Å².